The highest BCUT2D eigenvalue weighted by molar-refractivity contribution is 9.10. The third kappa shape index (κ3) is 3.65. The summed E-state index contributed by atoms with van der Waals surface area (Å²) in [6.07, 6.45) is 5.62. The van der Waals surface area contributed by atoms with Gasteiger partial charge in [0.2, 0.25) is 5.88 Å². The molecule has 1 aliphatic rings. The van der Waals surface area contributed by atoms with Gasteiger partial charge in [-0.25, -0.2) is 4.98 Å². The second-order valence-electron chi connectivity index (χ2n) is 4.56. The highest BCUT2D eigenvalue weighted by atomic mass is 79.9. The van der Waals surface area contributed by atoms with Crippen LogP contribution < -0.4 is 4.74 Å². The molecule has 1 aromatic heterocycles. The normalized spacial score (nSPS) is 23.9. The summed E-state index contributed by atoms with van der Waals surface area (Å²) in [4.78, 5) is 8.67. The predicted molar refractivity (Wildman–Crippen MR) is 72.8 cm³/mol. The zero-order valence-corrected chi connectivity index (χ0v) is 12.4. The average Bonchev–Trinajstić information content (AvgIpc) is 2.38. The number of nitrogens with zero attached hydrogens (tertiary/aromatic N) is 2. The highest BCUT2D eigenvalue weighted by Gasteiger charge is 2.23. The summed E-state index contributed by atoms with van der Waals surface area (Å²) in [5.74, 6) is 1.47. The Morgan fingerprint density at radius 1 is 1.33 bits per heavy atom. The van der Waals surface area contributed by atoms with E-state index in [4.69, 9.17) is 9.47 Å². The smallest absolute Gasteiger partial charge is 0.217 e. The van der Waals surface area contributed by atoms with E-state index in [9.17, 15) is 0 Å². The van der Waals surface area contributed by atoms with E-state index < -0.39 is 0 Å². The predicted octanol–water partition coefficient (Wildman–Crippen LogP) is 3.14. The van der Waals surface area contributed by atoms with Crippen molar-refractivity contribution in [2.24, 2.45) is 0 Å². The van der Waals surface area contributed by atoms with Crippen LogP contribution in [0, 0.1) is 0 Å². The molecule has 0 N–H and O–H groups in total. The Morgan fingerprint density at radius 2 is 2.11 bits per heavy atom. The lowest BCUT2D eigenvalue weighted by atomic mass is 9.95. The van der Waals surface area contributed by atoms with Gasteiger partial charge in [-0.05, 0) is 35.2 Å². The molecule has 0 spiro atoms. The number of halogens is 1. The Morgan fingerprint density at radius 3 is 2.83 bits per heavy atom. The number of hydrogen-bond donors (Lipinski definition) is 0. The molecule has 0 saturated heterocycles. The molecule has 0 aromatic carbocycles. The van der Waals surface area contributed by atoms with Gasteiger partial charge in [-0.15, -0.1) is 0 Å². The molecule has 1 aromatic rings. The second-order valence-corrected chi connectivity index (χ2v) is 5.38. The standard InChI is InChI=1S/C13H19BrN2O2/c1-3-12-15-11(14)8-13(16-12)18-10-6-4-5-9(7-10)17-2/h8-10H,3-7H2,1-2H3. The van der Waals surface area contributed by atoms with Crippen LogP contribution in [0.2, 0.25) is 0 Å². The van der Waals surface area contributed by atoms with Crippen molar-refractivity contribution in [3.8, 4) is 5.88 Å². The molecule has 1 aliphatic carbocycles. The van der Waals surface area contributed by atoms with Crippen molar-refractivity contribution in [3.63, 3.8) is 0 Å². The number of rotatable bonds is 4. The van der Waals surface area contributed by atoms with Gasteiger partial charge in [-0.1, -0.05) is 6.92 Å². The fraction of sp³-hybridized carbons (Fsp3) is 0.692. The minimum Gasteiger partial charge on any atom is -0.474 e. The zero-order valence-electron chi connectivity index (χ0n) is 10.9. The van der Waals surface area contributed by atoms with E-state index >= 15 is 0 Å². The Labute approximate surface area is 116 Å². The molecule has 100 valence electrons. The van der Waals surface area contributed by atoms with Gasteiger partial charge in [-0.3, -0.25) is 0 Å². The van der Waals surface area contributed by atoms with Crippen LogP contribution in [0.25, 0.3) is 0 Å². The van der Waals surface area contributed by atoms with E-state index in [1.165, 1.54) is 0 Å². The molecule has 2 unspecified atom stereocenters. The summed E-state index contributed by atoms with van der Waals surface area (Å²) < 4.78 is 12.1. The van der Waals surface area contributed by atoms with Gasteiger partial charge in [0.25, 0.3) is 0 Å². The van der Waals surface area contributed by atoms with Gasteiger partial charge in [0.1, 0.15) is 16.5 Å². The number of methoxy groups -OCH3 is 1. The Kier molecular flexibility index (Phi) is 4.95. The van der Waals surface area contributed by atoms with Crippen LogP contribution in [0.3, 0.4) is 0 Å². The van der Waals surface area contributed by atoms with Gasteiger partial charge in [0.15, 0.2) is 0 Å². The Hall–Kier alpha value is -0.680. The van der Waals surface area contributed by atoms with Crippen molar-refractivity contribution >= 4 is 15.9 Å². The Bertz CT molecular complexity index is 401. The summed E-state index contributed by atoms with van der Waals surface area (Å²) in [7, 11) is 1.77. The first-order valence-corrected chi connectivity index (χ1v) is 7.23. The van der Waals surface area contributed by atoms with Crippen LogP contribution in [0.1, 0.15) is 38.4 Å². The first-order chi connectivity index (χ1) is 8.71. The average molecular weight is 315 g/mol. The lowest BCUT2D eigenvalue weighted by Crippen LogP contribution is -2.29. The maximum atomic E-state index is 5.95. The molecule has 0 amide bonds. The van der Waals surface area contributed by atoms with E-state index in [0.717, 1.165) is 42.5 Å². The molecule has 5 heteroatoms. The van der Waals surface area contributed by atoms with Gasteiger partial charge >= 0.3 is 0 Å². The third-order valence-electron chi connectivity index (χ3n) is 3.23. The van der Waals surface area contributed by atoms with Crippen molar-refractivity contribution in [3.05, 3.63) is 16.5 Å². The fourth-order valence-corrected chi connectivity index (χ4v) is 2.65. The second kappa shape index (κ2) is 6.48. The topological polar surface area (TPSA) is 44.2 Å². The van der Waals surface area contributed by atoms with Crippen molar-refractivity contribution in [1.82, 2.24) is 9.97 Å². The molecule has 1 fully saturated rings. The summed E-state index contributed by atoms with van der Waals surface area (Å²) >= 11 is 3.39. The van der Waals surface area contributed by atoms with Gasteiger partial charge in [-0.2, -0.15) is 4.98 Å². The van der Waals surface area contributed by atoms with Crippen molar-refractivity contribution in [1.29, 1.82) is 0 Å². The molecule has 0 radical (unpaired) electrons. The summed E-state index contributed by atoms with van der Waals surface area (Å²) in [5.41, 5.74) is 0. The van der Waals surface area contributed by atoms with E-state index in [0.29, 0.717) is 12.0 Å². The van der Waals surface area contributed by atoms with Crippen molar-refractivity contribution in [2.75, 3.05) is 7.11 Å². The number of aromatic nitrogens is 2. The van der Waals surface area contributed by atoms with Crippen LogP contribution >= 0.6 is 15.9 Å². The Balaban J connectivity index is 2.02. The molecule has 1 saturated carbocycles. The van der Waals surface area contributed by atoms with Crippen molar-refractivity contribution < 1.29 is 9.47 Å². The quantitative estimate of drug-likeness (QED) is 0.801. The maximum absolute atomic E-state index is 5.95. The molecule has 4 nitrogen and oxygen atoms in total. The van der Waals surface area contributed by atoms with Crippen LogP contribution in [0.4, 0.5) is 0 Å². The largest absolute Gasteiger partial charge is 0.474 e. The van der Waals surface area contributed by atoms with Crippen molar-refractivity contribution in [2.45, 2.75) is 51.2 Å². The summed E-state index contributed by atoms with van der Waals surface area (Å²) in [6, 6.07) is 1.83. The number of ether oxygens (including phenoxy) is 2. The first kappa shape index (κ1) is 13.7. The SMILES string of the molecule is CCc1nc(Br)cc(OC2CCCC(OC)C2)n1. The lowest BCUT2D eigenvalue weighted by Gasteiger charge is -2.28. The molecule has 18 heavy (non-hydrogen) atoms. The third-order valence-corrected chi connectivity index (χ3v) is 3.64. The molecule has 0 aliphatic heterocycles. The minimum absolute atomic E-state index is 0.204. The van der Waals surface area contributed by atoms with Gasteiger partial charge in [0, 0.05) is 26.0 Å². The summed E-state index contributed by atoms with van der Waals surface area (Å²) in [6.45, 7) is 2.03. The van der Waals surface area contributed by atoms with Gasteiger partial charge in [0.05, 0.1) is 6.10 Å². The molecule has 2 atom stereocenters. The lowest BCUT2D eigenvalue weighted by molar-refractivity contribution is 0.0194. The monoisotopic (exact) mass is 314 g/mol. The first-order valence-electron chi connectivity index (χ1n) is 6.44. The molecular weight excluding hydrogens is 296 g/mol. The van der Waals surface area contributed by atoms with Crippen LogP contribution in [-0.2, 0) is 11.2 Å². The molecular formula is C13H19BrN2O2. The molecule has 0 bridgehead atoms. The highest BCUT2D eigenvalue weighted by Crippen LogP contribution is 2.25. The van der Waals surface area contributed by atoms with Gasteiger partial charge < -0.3 is 9.47 Å². The minimum atomic E-state index is 0.204. The van der Waals surface area contributed by atoms with Crippen LogP contribution in [-0.4, -0.2) is 29.3 Å². The maximum Gasteiger partial charge on any atom is 0.217 e. The summed E-state index contributed by atoms with van der Waals surface area (Å²) in [5, 5.41) is 0. The van der Waals surface area contributed by atoms with E-state index in [1.54, 1.807) is 7.11 Å². The van der Waals surface area contributed by atoms with E-state index in [-0.39, 0.29) is 6.10 Å². The van der Waals surface area contributed by atoms with Crippen LogP contribution in [0.15, 0.2) is 10.7 Å². The number of hydrogen-bond acceptors (Lipinski definition) is 4. The fourth-order valence-electron chi connectivity index (χ4n) is 2.25. The number of aryl methyl sites for hydroxylation is 1. The van der Waals surface area contributed by atoms with Crippen LogP contribution in [0.5, 0.6) is 5.88 Å². The molecule has 2 rings (SSSR count). The zero-order chi connectivity index (χ0) is 13.0. The van der Waals surface area contributed by atoms with E-state index in [2.05, 4.69) is 25.9 Å². The molecule has 1 heterocycles. The van der Waals surface area contributed by atoms with E-state index in [1.807, 2.05) is 13.0 Å².